The highest BCUT2D eigenvalue weighted by Crippen LogP contribution is 2.38. The molecule has 4 N–H and O–H groups in total. The molecule has 0 bridgehead atoms. The van der Waals surface area contributed by atoms with Gasteiger partial charge >= 0.3 is 12.2 Å². The first-order valence-corrected chi connectivity index (χ1v) is 11.8. The highest BCUT2D eigenvalue weighted by atomic mass is 19.4. The molecule has 2 amide bonds. The lowest BCUT2D eigenvalue weighted by Gasteiger charge is -2.16. The van der Waals surface area contributed by atoms with Gasteiger partial charge in [0.25, 0.3) is 0 Å². The number of aromatic nitrogens is 3. The summed E-state index contributed by atoms with van der Waals surface area (Å²) in [6, 6.07) is 14.8. The molecular formula is C28H25F3N6O. The lowest BCUT2D eigenvalue weighted by atomic mass is 9.96. The maximum Gasteiger partial charge on any atom is 0.416 e. The second-order valence-corrected chi connectivity index (χ2v) is 9.93. The fraction of sp³-hybridized carbons (Fsp3) is 0.179. The molecule has 0 radical (unpaired) electrons. The Hall–Kier alpha value is -4.60. The summed E-state index contributed by atoms with van der Waals surface area (Å²) in [7, 11) is 0. The van der Waals surface area contributed by atoms with E-state index >= 15 is 0 Å². The van der Waals surface area contributed by atoms with Gasteiger partial charge in [-0.15, -0.1) is 0 Å². The Morgan fingerprint density at radius 3 is 2.39 bits per heavy atom. The summed E-state index contributed by atoms with van der Waals surface area (Å²) in [4.78, 5) is 22.0. The van der Waals surface area contributed by atoms with Crippen LogP contribution in [0.25, 0.3) is 27.5 Å². The zero-order valence-electron chi connectivity index (χ0n) is 20.9. The van der Waals surface area contributed by atoms with Crippen LogP contribution >= 0.6 is 0 Å². The Morgan fingerprint density at radius 2 is 1.68 bits per heavy atom. The minimum atomic E-state index is -4.51. The number of fused-ring (bicyclic) bond motifs is 2. The fourth-order valence-corrected chi connectivity index (χ4v) is 4.45. The highest BCUT2D eigenvalue weighted by Gasteiger charge is 2.30. The molecule has 38 heavy (non-hydrogen) atoms. The van der Waals surface area contributed by atoms with Crippen LogP contribution in [0, 0.1) is 0 Å². The molecule has 0 saturated carbocycles. The first-order valence-electron chi connectivity index (χ1n) is 11.8. The maximum absolute atomic E-state index is 13.0. The molecule has 3 aromatic carbocycles. The van der Waals surface area contributed by atoms with Gasteiger partial charge < -0.3 is 16.4 Å². The number of benzene rings is 3. The van der Waals surface area contributed by atoms with Crippen LogP contribution in [0.1, 0.15) is 32.2 Å². The lowest BCUT2D eigenvalue weighted by Crippen LogP contribution is -2.20. The van der Waals surface area contributed by atoms with Crippen molar-refractivity contribution in [1.82, 2.24) is 14.4 Å². The van der Waals surface area contributed by atoms with Gasteiger partial charge in [0.05, 0.1) is 11.3 Å². The number of nitrogens with two attached hydrogens (primary N) is 1. The lowest BCUT2D eigenvalue weighted by molar-refractivity contribution is -0.137. The first kappa shape index (κ1) is 25.1. The molecule has 5 aromatic rings. The van der Waals surface area contributed by atoms with Gasteiger partial charge in [-0.2, -0.15) is 13.2 Å². The number of urea groups is 1. The van der Waals surface area contributed by atoms with Crippen molar-refractivity contribution in [3.8, 4) is 11.3 Å². The number of nitrogens with zero attached hydrogens (tertiary/aromatic N) is 3. The summed E-state index contributed by atoms with van der Waals surface area (Å²) in [5, 5.41) is 6.77. The number of nitrogen functional groups attached to an aromatic ring is 1. The van der Waals surface area contributed by atoms with Gasteiger partial charge in [0.2, 0.25) is 0 Å². The molecule has 0 aliphatic rings. The van der Waals surface area contributed by atoms with Crippen LogP contribution in [0.5, 0.6) is 0 Å². The molecule has 0 unspecified atom stereocenters. The number of amides is 2. The summed E-state index contributed by atoms with van der Waals surface area (Å²) in [5.74, 6) is 1.17. The summed E-state index contributed by atoms with van der Waals surface area (Å²) >= 11 is 0. The average molecular weight is 519 g/mol. The molecule has 2 heterocycles. The van der Waals surface area contributed by atoms with Crippen molar-refractivity contribution in [2.24, 2.45) is 0 Å². The van der Waals surface area contributed by atoms with Crippen molar-refractivity contribution in [2.75, 3.05) is 16.4 Å². The predicted octanol–water partition coefficient (Wildman–Crippen LogP) is 7.09. The third-order valence-corrected chi connectivity index (χ3v) is 6.13. The Morgan fingerprint density at radius 1 is 0.947 bits per heavy atom. The number of nitrogens with one attached hydrogen (secondary N) is 2. The fourth-order valence-electron chi connectivity index (χ4n) is 4.45. The summed E-state index contributed by atoms with van der Waals surface area (Å²) in [5.41, 5.74) is 7.84. The Kier molecular flexibility index (Phi) is 5.97. The molecule has 0 atom stereocenters. The van der Waals surface area contributed by atoms with E-state index in [9.17, 15) is 18.0 Å². The average Bonchev–Trinajstić information content (AvgIpc) is 3.25. The van der Waals surface area contributed by atoms with Crippen molar-refractivity contribution >= 4 is 39.5 Å². The smallest absolute Gasteiger partial charge is 0.382 e. The first-order chi connectivity index (χ1) is 17.9. The molecule has 0 saturated heterocycles. The van der Waals surface area contributed by atoms with E-state index in [-0.39, 0.29) is 11.1 Å². The third-order valence-electron chi connectivity index (χ3n) is 6.13. The van der Waals surface area contributed by atoms with Crippen LogP contribution in [-0.4, -0.2) is 20.4 Å². The number of anilines is 3. The van der Waals surface area contributed by atoms with E-state index in [0.717, 1.165) is 34.3 Å². The minimum Gasteiger partial charge on any atom is -0.382 e. The number of rotatable bonds is 3. The third kappa shape index (κ3) is 4.60. The quantitative estimate of drug-likeness (QED) is 0.237. The van der Waals surface area contributed by atoms with Gasteiger partial charge in [-0.1, -0.05) is 57.2 Å². The van der Waals surface area contributed by atoms with Gasteiger partial charge in [0.15, 0.2) is 0 Å². The zero-order chi connectivity index (χ0) is 27.2. The SMILES string of the molecule is CC(C)(C)c1nc(-c2ccc(NC(=O)Nc3cccc(C(F)(F)F)c3)c3ccccc23)c2c(N)nccn12. The molecule has 2 aromatic heterocycles. The van der Waals surface area contributed by atoms with E-state index in [2.05, 4.69) is 36.4 Å². The molecule has 0 fully saturated rings. The zero-order valence-corrected chi connectivity index (χ0v) is 20.9. The minimum absolute atomic E-state index is 0.0282. The van der Waals surface area contributed by atoms with Crippen molar-refractivity contribution in [3.63, 3.8) is 0 Å². The summed E-state index contributed by atoms with van der Waals surface area (Å²) < 4.78 is 41.1. The van der Waals surface area contributed by atoms with Crippen molar-refractivity contribution < 1.29 is 18.0 Å². The predicted molar refractivity (Wildman–Crippen MR) is 143 cm³/mol. The van der Waals surface area contributed by atoms with E-state index in [1.54, 1.807) is 12.3 Å². The van der Waals surface area contributed by atoms with Crippen LogP contribution in [0.15, 0.2) is 73.1 Å². The highest BCUT2D eigenvalue weighted by molar-refractivity contribution is 6.10. The molecular weight excluding hydrogens is 493 g/mol. The number of hydrogen-bond donors (Lipinski definition) is 3. The Labute approximate surface area is 216 Å². The molecule has 10 heteroatoms. The standard InChI is InChI=1S/C28H25F3N6O/c1-27(2,3)25-36-22(23-24(32)33-13-14-37(23)25)20-11-12-21(19-10-5-4-9-18(19)20)35-26(38)34-17-8-6-7-16(15-17)28(29,30)31/h4-15H,1-3H3,(H2,32,33)(H2,34,35,38). The van der Waals surface area contributed by atoms with Crippen LogP contribution in [0.2, 0.25) is 0 Å². The molecule has 0 aliphatic heterocycles. The molecule has 5 rings (SSSR count). The van der Waals surface area contributed by atoms with E-state index in [0.29, 0.717) is 22.7 Å². The largest absolute Gasteiger partial charge is 0.416 e. The number of imidazole rings is 1. The molecule has 0 spiro atoms. The maximum atomic E-state index is 13.0. The topological polar surface area (TPSA) is 97.3 Å². The Balaban J connectivity index is 1.55. The van der Waals surface area contributed by atoms with E-state index in [1.165, 1.54) is 12.1 Å². The number of carbonyl (C=O) groups is 1. The van der Waals surface area contributed by atoms with Crippen molar-refractivity contribution in [1.29, 1.82) is 0 Å². The number of alkyl halides is 3. The van der Waals surface area contributed by atoms with Crippen LogP contribution in [0.3, 0.4) is 0 Å². The monoisotopic (exact) mass is 518 g/mol. The second kappa shape index (κ2) is 9.05. The number of carbonyl (C=O) groups excluding carboxylic acids is 1. The molecule has 7 nitrogen and oxygen atoms in total. The number of halogens is 3. The van der Waals surface area contributed by atoms with Gasteiger partial charge in [0.1, 0.15) is 22.9 Å². The number of hydrogen-bond acceptors (Lipinski definition) is 4. The second-order valence-electron chi connectivity index (χ2n) is 9.93. The molecule has 194 valence electrons. The van der Waals surface area contributed by atoms with E-state index < -0.39 is 17.8 Å². The summed E-state index contributed by atoms with van der Waals surface area (Å²) in [6.07, 6.45) is -1.04. The van der Waals surface area contributed by atoms with Crippen LogP contribution in [0.4, 0.5) is 35.2 Å². The van der Waals surface area contributed by atoms with Crippen molar-refractivity contribution in [2.45, 2.75) is 32.4 Å². The summed E-state index contributed by atoms with van der Waals surface area (Å²) in [6.45, 7) is 6.20. The van der Waals surface area contributed by atoms with E-state index in [4.69, 9.17) is 10.7 Å². The normalized spacial score (nSPS) is 12.2. The van der Waals surface area contributed by atoms with Gasteiger partial charge in [-0.25, -0.2) is 14.8 Å². The van der Waals surface area contributed by atoms with Gasteiger partial charge in [-0.3, -0.25) is 4.40 Å². The van der Waals surface area contributed by atoms with Crippen LogP contribution in [-0.2, 0) is 11.6 Å². The van der Waals surface area contributed by atoms with Crippen LogP contribution < -0.4 is 16.4 Å². The van der Waals surface area contributed by atoms with Crippen molar-refractivity contribution in [3.05, 3.63) is 84.4 Å². The molecule has 0 aliphatic carbocycles. The van der Waals surface area contributed by atoms with Gasteiger partial charge in [0, 0.05) is 34.4 Å². The van der Waals surface area contributed by atoms with E-state index in [1.807, 2.05) is 40.9 Å². The van der Waals surface area contributed by atoms with Gasteiger partial charge in [-0.05, 0) is 29.7 Å². The Bertz CT molecular complexity index is 1680.